The Bertz CT molecular complexity index is 1120. The van der Waals surface area contributed by atoms with Crippen molar-refractivity contribution < 1.29 is 27.5 Å². The van der Waals surface area contributed by atoms with Crippen LogP contribution in [-0.2, 0) is 30.2 Å². The normalized spacial score (nSPS) is 14.0. The number of para-hydroxylation sites is 2. The van der Waals surface area contributed by atoms with Crippen molar-refractivity contribution in [2.75, 3.05) is 25.8 Å². The molecule has 0 heterocycles. The summed E-state index contributed by atoms with van der Waals surface area (Å²) in [5, 5.41) is 0. The zero-order chi connectivity index (χ0) is 31.4. The first-order valence-corrected chi connectivity index (χ1v) is 27.6. The number of benzene rings is 2. The Balaban J connectivity index is 2.24. The van der Waals surface area contributed by atoms with Crippen LogP contribution in [0, 0.1) is 0 Å². The largest absolute Gasteiger partial charge is 0.496 e. The smallest absolute Gasteiger partial charge is 0.308 e. The summed E-state index contributed by atoms with van der Waals surface area (Å²) in [5.74, 6) is 1.26. The van der Waals surface area contributed by atoms with Crippen molar-refractivity contribution in [2.24, 2.45) is 0 Å². The molecule has 0 bridgehead atoms. The third kappa shape index (κ3) is 12.6. The average Bonchev–Trinajstić information content (AvgIpc) is 2.93. The number of unbranched alkanes of at least 4 members (excludes halogenated alkanes) is 1. The van der Waals surface area contributed by atoms with Crippen LogP contribution >= 0.6 is 0 Å². The second kappa shape index (κ2) is 16.5. The van der Waals surface area contributed by atoms with Gasteiger partial charge in [-0.1, -0.05) is 69.1 Å². The van der Waals surface area contributed by atoms with Crippen LogP contribution in [0.25, 0.3) is 0 Å². The maximum atomic E-state index is 11.7. The van der Waals surface area contributed by atoms with E-state index in [2.05, 4.69) is 65.3 Å². The van der Waals surface area contributed by atoms with Gasteiger partial charge in [-0.15, -0.1) is 0 Å². The first-order chi connectivity index (χ1) is 19.7. The van der Waals surface area contributed by atoms with Crippen molar-refractivity contribution in [3.8, 4) is 11.5 Å². The summed E-state index contributed by atoms with van der Waals surface area (Å²) in [6.45, 7) is 19.8. The van der Waals surface area contributed by atoms with Gasteiger partial charge in [0, 0.05) is 25.6 Å². The molecule has 2 rings (SSSR count). The molecular formula is C32H56O6Si4. The van der Waals surface area contributed by atoms with E-state index in [1.807, 2.05) is 36.4 Å². The molecule has 0 saturated carbocycles. The lowest BCUT2D eigenvalue weighted by Crippen LogP contribution is -2.57. The molecule has 0 saturated heterocycles. The van der Waals surface area contributed by atoms with Crippen LogP contribution in [0.1, 0.15) is 44.7 Å². The molecule has 0 aliphatic rings. The fourth-order valence-electron chi connectivity index (χ4n) is 4.92. The number of rotatable bonds is 19. The van der Waals surface area contributed by atoms with Gasteiger partial charge >= 0.3 is 5.97 Å². The molecule has 0 aromatic heterocycles. The number of carbonyl (C=O) groups is 1. The Kier molecular flexibility index (Phi) is 14.4. The van der Waals surface area contributed by atoms with Gasteiger partial charge in [-0.25, -0.2) is 0 Å². The van der Waals surface area contributed by atoms with Gasteiger partial charge < -0.3 is 22.8 Å². The second-order valence-corrected chi connectivity index (χ2v) is 30.7. The summed E-state index contributed by atoms with van der Waals surface area (Å²) >= 11 is 0. The molecule has 0 amide bonds. The molecule has 1 atom stereocenters. The number of hydrogen-bond acceptors (Lipinski definition) is 6. The van der Waals surface area contributed by atoms with Crippen molar-refractivity contribution in [2.45, 2.75) is 97.1 Å². The van der Waals surface area contributed by atoms with Crippen molar-refractivity contribution in [1.29, 1.82) is 0 Å². The van der Waals surface area contributed by atoms with E-state index in [1.54, 1.807) is 7.11 Å². The maximum absolute atomic E-state index is 11.7. The van der Waals surface area contributed by atoms with Gasteiger partial charge in [0.15, 0.2) is 25.0 Å². The highest BCUT2D eigenvalue weighted by Gasteiger charge is 2.40. The van der Waals surface area contributed by atoms with Gasteiger partial charge in [0.05, 0.1) is 7.11 Å². The zero-order valence-corrected chi connectivity index (χ0v) is 31.9. The van der Waals surface area contributed by atoms with Gasteiger partial charge in [-0.2, -0.15) is 0 Å². The number of methoxy groups -OCH3 is 1. The molecule has 1 unspecified atom stereocenters. The molecular weight excluding hydrogens is 593 g/mol. The molecule has 0 aliphatic carbocycles. The van der Waals surface area contributed by atoms with Crippen LogP contribution in [0.4, 0.5) is 0 Å². The van der Waals surface area contributed by atoms with Crippen molar-refractivity contribution in [1.82, 2.24) is 0 Å². The van der Waals surface area contributed by atoms with Crippen LogP contribution < -0.4 is 9.47 Å². The molecule has 0 fully saturated rings. The topological polar surface area (TPSA) is 63.2 Å². The minimum Gasteiger partial charge on any atom is -0.496 e. The molecule has 236 valence electrons. The van der Waals surface area contributed by atoms with Gasteiger partial charge in [0.2, 0.25) is 0 Å². The van der Waals surface area contributed by atoms with E-state index in [4.69, 9.17) is 22.8 Å². The average molecular weight is 649 g/mol. The zero-order valence-electron chi connectivity index (χ0n) is 27.9. The first-order valence-electron chi connectivity index (χ1n) is 15.5. The molecule has 2 aromatic carbocycles. The number of ether oxygens (including phenoxy) is 2. The van der Waals surface area contributed by atoms with Crippen LogP contribution in [0.3, 0.4) is 0 Å². The van der Waals surface area contributed by atoms with Crippen LogP contribution in [-0.4, -0.2) is 64.8 Å². The quantitative estimate of drug-likeness (QED) is 0.0873. The van der Waals surface area contributed by atoms with E-state index in [0.29, 0.717) is 5.75 Å². The van der Waals surface area contributed by atoms with Gasteiger partial charge in [0.1, 0.15) is 19.6 Å². The first kappa shape index (κ1) is 36.6. The third-order valence-corrected chi connectivity index (χ3v) is 19.3. The van der Waals surface area contributed by atoms with Gasteiger partial charge in [0.25, 0.3) is 0 Å². The van der Waals surface area contributed by atoms with E-state index >= 15 is 0 Å². The summed E-state index contributed by atoms with van der Waals surface area (Å²) in [5.41, 5.74) is 2.24. The lowest BCUT2D eigenvalue weighted by Gasteiger charge is -2.38. The predicted molar refractivity (Wildman–Crippen MR) is 184 cm³/mol. The summed E-state index contributed by atoms with van der Waals surface area (Å²) in [7, 11) is -6.37. The molecule has 6 nitrogen and oxygen atoms in total. The van der Waals surface area contributed by atoms with E-state index in [9.17, 15) is 4.79 Å². The van der Waals surface area contributed by atoms with Crippen molar-refractivity contribution >= 4 is 39.0 Å². The van der Waals surface area contributed by atoms with E-state index in [0.717, 1.165) is 48.1 Å². The molecule has 2 aromatic rings. The molecule has 0 spiro atoms. The standard InChI is InChI=1S/C32H56O6Si4/c1-11-13-22-39(5,6)35-25-42(12-2,26-36-40(7,8)23-29-18-14-16-20-31(29)34-4)27-37-41(9,10)24-30-19-15-17-21-32(30)38-28(3)33/h14-21H,11-13,22-27H2,1-10H3. The lowest BCUT2D eigenvalue weighted by molar-refractivity contribution is -0.131. The Hall–Kier alpha value is -1.54. The van der Waals surface area contributed by atoms with E-state index in [1.165, 1.54) is 31.4 Å². The summed E-state index contributed by atoms with van der Waals surface area (Å²) in [6.07, 6.45) is 4.65. The summed E-state index contributed by atoms with van der Waals surface area (Å²) in [4.78, 5) is 11.7. The number of hydrogen-bond donors (Lipinski definition) is 0. The molecule has 0 radical (unpaired) electrons. The summed E-state index contributed by atoms with van der Waals surface area (Å²) in [6, 6.07) is 20.0. The Morgan fingerprint density at radius 3 is 1.60 bits per heavy atom. The highest BCUT2D eigenvalue weighted by Crippen LogP contribution is 2.28. The van der Waals surface area contributed by atoms with E-state index < -0.39 is 33.0 Å². The molecule has 0 aliphatic heterocycles. The fraction of sp³-hybridized carbons (Fsp3) is 0.594. The minimum absolute atomic E-state index is 0.302. The summed E-state index contributed by atoms with van der Waals surface area (Å²) < 4.78 is 31.9. The van der Waals surface area contributed by atoms with Crippen molar-refractivity contribution in [3.05, 3.63) is 59.7 Å². The van der Waals surface area contributed by atoms with Crippen molar-refractivity contribution in [3.63, 3.8) is 0 Å². The van der Waals surface area contributed by atoms with Crippen LogP contribution in [0.5, 0.6) is 11.5 Å². The Labute approximate surface area is 259 Å². The Morgan fingerprint density at radius 1 is 0.690 bits per heavy atom. The SMILES string of the molecule is CCCC[Si](C)(C)OC[Si](CC)(CO[Si](C)(C)Cc1ccccc1OC)CO[Si](C)(C)Cc1ccccc1OC(C)=O. The lowest BCUT2D eigenvalue weighted by atomic mass is 10.2. The monoisotopic (exact) mass is 648 g/mol. The maximum Gasteiger partial charge on any atom is 0.308 e. The fourth-order valence-corrected chi connectivity index (χ4v) is 18.1. The van der Waals surface area contributed by atoms with Gasteiger partial charge in [-0.3, -0.25) is 4.79 Å². The molecule has 0 N–H and O–H groups in total. The highest BCUT2D eigenvalue weighted by atomic mass is 28.4. The second-order valence-electron chi connectivity index (χ2n) is 13.5. The predicted octanol–water partition coefficient (Wildman–Crippen LogP) is 8.04. The van der Waals surface area contributed by atoms with Crippen LogP contribution in [0.2, 0.25) is 51.4 Å². The van der Waals surface area contributed by atoms with Gasteiger partial charge in [-0.05, 0) is 80.7 Å². The molecule has 10 heteroatoms. The number of carbonyl (C=O) groups excluding carboxylic acids is 1. The highest BCUT2D eigenvalue weighted by molar-refractivity contribution is 6.83. The Morgan fingerprint density at radius 2 is 1.14 bits per heavy atom. The minimum atomic E-state index is -2.16. The molecule has 42 heavy (non-hydrogen) atoms. The van der Waals surface area contributed by atoms with Crippen LogP contribution in [0.15, 0.2) is 48.5 Å². The third-order valence-electron chi connectivity index (χ3n) is 7.84. The van der Waals surface area contributed by atoms with E-state index in [-0.39, 0.29) is 5.97 Å². The number of esters is 1.